The average molecular weight is 324 g/mol. The Hall–Kier alpha value is -2.43. The molecule has 2 heterocycles. The van der Waals surface area contributed by atoms with E-state index in [1.165, 1.54) is 5.56 Å². The first-order valence-electron chi connectivity index (χ1n) is 8.58. The summed E-state index contributed by atoms with van der Waals surface area (Å²) in [7, 11) is 0. The lowest BCUT2D eigenvalue weighted by Crippen LogP contribution is -2.41. The topological polar surface area (TPSA) is 58.1 Å². The zero-order chi connectivity index (χ0) is 16.8. The maximum Gasteiger partial charge on any atom is 0.225 e. The molecule has 0 saturated carbocycles. The average Bonchev–Trinajstić information content (AvgIpc) is 2.63. The van der Waals surface area contributed by atoms with Crippen LogP contribution in [0.5, 0.6) is 0 Å². The molecule has 1 amide bonds. The van der Waals surface area contributed by atoms with Crippen LogP contribution in [0, 0.1) is 12.8 Å². The lowest BCUT2D eigenvalue weighted by atomic mass is 9.96. The van der Waals surface area contributed by atoms with Gasteiger partial charge in [-0.1, -0.05) is 30.3 Å². The Labute approximate surface area is 143 Å². The Balaban J connectivity index is 1.43. The molecule has 0 atom stereocenters. The number of hydrogen-bond donors (Lipinski definition) is 1. The van der Waals surface area contributed by atoms with Gasteiger partial charge >= 0.3 is 0 Å². The molecule has 0 spiro atoms. The molecule has 0 bridgehead atoms. The molecular formula is C19H24N4O. The number of carbonyl (C=O) groups excluding carboxylic acids is 1. The van der Waals surface area contributed by atoms with Crippen LogP contribution in [-0.2, 0) is 11.2 Å². The van der Waals surface area contributed by atoms with Gasteiger partial charge in [-0.25, -0.2) is 9.97 Å². The quantitative estimate of drug-likeness (QED) is 0.917. The molecule has 1 saturated heterocycles. The van der Waals surface area contributed by atoms with Crippen molar-refractivity contribution in [1.29, 1.82) is 0 Å². The van der Waals surface area contributed by atoms with Gasteiger partial charge in [0.2, 0.25) is 11.9 Å². The molecule has 3 rings (SSSR count). The Kier molecular flexibility index (Phi) is 5.41. The van der Waals surface area contributed by atoms with Crippen molar-refractivity contribution < 1.29 is 4.79 Å². The summed E-state index contributed by atoms with van der Waals surface area (Å²) >= 11 is 0. The number of anilines is 1. The van der Waals surface area contributed by atoms with Crippen LogP contribution >= 0.6 is 0 Å². The first-order valence-corrected chi connectivity index (χ1v) is 8.58. The summed E-state index contributed by atoms with van der Waals surface area (Å²) in [4.78, 5) is 23.3. The third-order valence-electron chi connectivity index (χ3n) is 4.49. The molecule has 1 N–H and O–H groups in total. The number of hydrogen-bond acceptors (Lipinski definition) is 4. The number of rotatable bonds is 5. The van der Waals surface area contributed by atoms with Crippen molar-refractivity contribution in [2.45, 2.75) is 26.2 Å². The highest BCUT2D eigenvalue weighted by Gasteiger charge is 2.25. The summed E-state index contributed by atoms with van der Waals surface area (Å²) in [5.74, 6) is 1.05. The number of aromatic nitrogens is 2. The van der Waals surface area contributed by atoms with E-state index in [2.05, 4.69) is 32.3 Å². The van der Waals surface area contributed by atoms with Gasteiger partial charge in [0.05, 0.1) is 0 Å². The number of amides is 1. The summed E-state index contributed by atoms with van der Waals surface area (Å²) in [6.45, 7) is 4.34. The smallest absolute Gasteiger partial charge is 0.225 e. The molecule has 1 aliphatic heterocycles. The van der Waals surface area contributed by atoms with Crippen molar-refractivity contribution in [3.05, 3.63) is 53.9 Å². The molecule has 1 aromatic carbocycles. The van der Waals surface area contributed by atoms with Gasteiger partial charge in [0.1, 0.15) is 0 Å². The molecule has 5 nitrogen and oxygen atoms in total. The van der Waals surface area contributed by atoms with Gasteiger partial charge in [0.25, 0.3) is 0 Å². The van der Waals surface area contributed by atoms with Gasteiger partial charge < -0.3 is 10.2 Å². The zero-order valence-corrected chi connectivity index (χ0v) is 14.1. The van der Waals surface area contributed by atoms with Gasteiger partial charge in [0, 0.05) is 37.4 Å². The van der Waals surface area contributed by atoms with Crippen LogP contribution in [0.2, 0.25) is 0 Å². The first-order chi connectivity index (χ1) is 11.7. The third-order valence-corrected chi connectivity index (χ3v) is 4.49. The molecule has 0 aliphatic carbocycles. The summed E-state index contributed by atoms with van der Waals surface area (Å²) in [5, 5.41) is 3.08. The van der Waals surface area contributed by atoms with Crippen LogP contribution < -0.4 is 10.2 Å². The predicted molar refractivity (Wildman–Crippen MR) is 94.9 cm³/mol. The maximum atomic E-state index is 12.3. The van der Waals surface area contributed by atoms with Crippen LogP contribution in [0.15, 0.2) is 42.6 Å². The zero-order valence-electron chi connectivity index (χ0n) is 14.1. The van der Waals surface area contributed by atoms with Gasteiger partial charge in [-0.3, -0.25) is 4.79 Å². The van der Waals surface area contributed by atoms with Gasteiger partial charge in [-0.05, 0) is 37.8 Å². The van der Waals surface area contributed by atoms with E-state index in [1.807, 2.05) is 31.2 Å². The number of aryl methyl sites for hydroxylation is 1. The predicted octanol–water partition coefficient (Wildman–Crippen LogP) is 2.36. The molecule has 1 fully saturated rings. The lowest BCUT2D eigenvalue weighted by Gasteiger charge is -2.31. The molecule has 1 aliphatic rings. The van der Waals surface area contributed by atoms with Crippen LogP contribution in [0.25, 0.3) is 0 Å². The normalized spacial score (nSPS) is 15.3. The summed E-state index contributed by atoms with van der Waals surface area (Å²) < 4.78 is 0. The fraction of sp³-hybridized carbons (Fsp3) is 0.421. The van der Waals surface area contributed by atoms with E-state index in [0.717, 1.165) is 44.0 Å². The molecule has 24 heavy (non-hydrogen) atoms. The van der Waals surface area contributed by atoms with Crippen LogP contribution in [0.3, 0.4) is 0 Å². The van der Waals surface area contributed by atoms with E-state index < -0.39 is 0 Å². The van der Waals surface area contributed by atoms with Crippen molar-refractivity contribution in [2.75, 3.05) is 24.5 Å². The number of carbonyl (C=O) groups is 1. The molecular weight excluding hydrogens is 300 g/mol. The number of nitrogens with one attached hydrogen (secondary N) is 1. The van der Waals surface area contributed by atoms with Crippen molar-refractivity contribution in [2.24, 2.45) is 5.92 Å². The second-order valence-corrected chi connectivity index (χ2v) is 6.29. The maximum absolute atomic E-state index is 12.3. The second kappa shape index (κ2) is 7.90. The second-order valence-electron chi connectivity index (χ2n) is 6.29. The Bertz CT molecular complexity index is 666. The number of nitrogens with zero attached hydrogens (tertiary/aromatic N) is 3. The van der Waals surface area contributed by atoms with Crippen molar-refractivity contribution in [1.82, 2.24) is 15.3 Å². The van der Waals surface area contributed by atoms with Crippen LogP contribution in [0.1, 0.15) is 24.1 Å². The lowest BCUT2D eigenvalue weighted by molar-refractivity contribution is -0.125. The Morgan fingerprint density at radius 1 is 1.21 bits per heavy atom. The minimum atomic E-state index is 0.0989. The van der Waals surface area contributed by atoms with E-state index in [-0.39, 0.29) is 11.8 Å². The van der Waals surface area contributed by atoms with E-state index >= 15 is 0 Å². The number of piperidine rings is 1. The SMILES string of the molecule is Cc1ccnc(N2CCC(C(=O)NCCc3ccccc3)CC2)n1. The Morgan fingerprint density at radius 3 is 2.67 bits per heavy atom. The molecule has 0 unspecified atom stereocenters. The van der Waals surface area contributed by atoms with Gasteiger partial charge in [-0.2, -0.15) is 0 Å². The summed E-state index contributed by atoms with van der Waals surface area (Å²) in [6.07, 6.45) is 4.38. The minimum absolute atomic E-state index is 0.0989. The van der Waals surface area contributed by atoms with Crippen molar-refractivity contribution in [3.8, 4) is 0 Å². The minimum Gasteiger partial charge on any atom is -0.356 e. The van der Waals surface area contributed by atoms with Crippen LogP contribution in [0.4, 0.5) is 5.95 Å². The van der Waals surface area contributed by atoms with E-state index in [0.29, 0.717) is 6.54 Å². The Morgan fingerprint density at radius 2 is 1.96 bits per heavy atom. The molecule has 5 heteroatoms. The number of benzene rings is 1. The highest BCUT2D eigenvalue weighted by molar-refractivity contribution is 5.78. The third kappa shape index (κ3) is 4.31. The van der Waals surface area contributed by atoms with E-state index in [4.69, 9.17) is 0 Å². The fourth-order valence-electron chi connectivity index (χ4n) is 3.05. The van der Waals surface area contributed by atoms with E-state index in [1.54, 1.807) is 6.20 Å². The van der Waals surface area contributed by atoms with Crippen molar-refractivity contribution >= 4 is 11.9 Å². The van der Waals surface area contributed by atoms with Gasteiger partial charge in [-0.15, -0.1) is 0 Å². The summed E-state index contributed by atoms with van der Waals surface area (Å²) in [6, 6.07) is 12.1. The fourth-order valence-corrected chi connectivity index (χ4v) is 3.05. The molecule has 2 aromatic rings. The molecule has 0 radical (unpaired) electrons. The monoisotopic (exact) mass is 324 g/mol. The largest absolute Gasteiger partial charge is 0.356 e. The van der Waals surface area contributed by atoms with Crippen LogP contribution in [-0.4, -0.2) is 35.5 Å². The van der Waals surface area contributed by atoms with Gasteiger partial charge in [0.15, 0.2) is 0 Å². The summed E-state index contributed by atoms with van der Waals surface area (Å²) in [5.41, 5.74) is 2.23. The standard InChI is InChI=1S/C19H24N4O/c1-15-7-11-21-19(22-15)23-13-9-17(10-14-23)18(24)20-12-8-16-5-3-2-4-6-16/h2-7,11,17H,8-10,12-14H2,1H3,(H,20,24). The van der Waals surface area contributed by atoms with Crippen molar-refractivity contribution in [3.63, 3.8) is 0 Å². The molecule has 126 valence electrons. The highest BCUT2D eigenvalue weighted by atomic mass is 16.1. The molecule has 1 aromatic heterocycles. The van der Waals surface area contributed by atoms with E-state index in [9.17, 15) is 4.79 Å². The highest BCUT2D eigenvalue weighted by Crippen LogP contribution is 2.20. The first kappa shape index (κ1) is 16.4.